The van der Waals surface area contributed by atoms with Crippen LogP contribution in [0.25, 0.3) is 0 Å². The summed E-state index contributed by atoms with van der Waals surface area (Å²) < 4.78 is 2.17. The zero-order valence-corrected chi connectivity index (χ0v) is 12.1. The minimum absolute atomic E-state index is 0.371. The van der Waals surface area contributed by atoms with Gasteiger partial charge in [-0.15, -0.1) is 10.2 Å². The first kappa shape index (κ1) is 13.1. The maximum atomic E-state index is 4.21. The van der Waals surface area contributed by atoms with E-state index >= 15 is 0 Å². The van der Waals surface area contributed by atoms with Gasteiger partial charge in [-0.25, -0.2) is 0 Å². The van der Waals surface area contributed by atoms with Gasteiger partial charge in [0.05, 0.1) is 6.54 Å². The van der Waals surface area contributed by atoms with E-state index in [1.54, 1.807) is 0 Å². The van der Waals surface area contributed by atoms with Gasteiger partial charge in [-0.05, 0) is 37.3 Å². The van der Waals surface area contributed by atoms with Gasteiger partial charge >= 0.3 is 0 Å². The van der Waals surface area contributed by atoms with Gasteiger partial charge in [0.15, 0.2) is 0 Å². The van der Waals surface area contributed by atoms with Crippen molar-refractivity contribution in [1.82, 2.24) is 25.0 Å². The summed E-state index contributed by atoms with van der Waals surface area (Å²) >= 11 is 0. The van der Waals surface area contributed by atoms with Gasteiger partial charge in [-0.2, -0.15) is 0 Å². The first-order valence-corrected chi connectivity index (χ1v) is 7.45. The Kier molecular flexibility index (Phi) is 3.58. The molecule has 2 aliphatic heterocycles. The monoisotopic (exact) mass is 263 g/mol. The standard InChI is InChI=1S/C14H25N5/c1-14(2,12-4-3-5-15-8-12)10-18-6-7-19-11-16-17-13(19)9-18/h11-12,15H,3-10H2,1-2H3. The average molecular weight is 263 g/mol. The summed E-state index contributed by atoms with van der Waals surface area (Å²) in [5.41, 5.74) is 0.371. The van der Waals surface area contributed by atoms with Crippen LogP contribution >= 0.6 is 0 Å². The molecule has 19 heavy (non-hydrogen) atoms. The van der Waals surface area contributed by atoms with Crippen molar-refractivity contribution >= 4 is 0 Å². The van der Waals surface area contributed by atoms with Crippen LogP contribution in [0.2, 0.25) is 0 Å². The van der Waals surface area contributed by atoms with Crippen molar-refractivity contribution in [1.29, 1.82) is 0 Å². The third-order valence-corrected chi connectivity index (χ3v) is 4.75. The Bertz CT molecular complexity index is 419. The molecule has 3 rings (SSSR count). The van der Waals surface area contributed by atoms with Crippen molar-refractivity contribution in [2.45, 2.75) is 39.8 Å². The van der Waals surface area contributed by atoms with E-state index in [-0.39, 0.29) is 0 Å². The molecule has 1 fully saturated rings. The lowest BCUT2D eigenvalue weighted by atomic mass is 9.74. The summed E-state index contributed by atoms with van der Waals surface area (Å²) in [6, 6.07) is 0. The van der Waals surface area contributed by atoms with E-state index in [4.69, 9.17) is 0 Å². The minimum atomic E-state index is 0.371. The van der Waals surface area contributed by atoms with Gasteiger partial charge in [0.2, 0.25) is 0 Å². The summed E-state index contributed by atoms with van der Waals surface area (Å²) in [4.78, 5) is 2.54. The topological polar surface area (TPSA) is 46.0 Å². The minimum Gasteiger partial charge on any atom is -0.316 e. The number of fused-ring (bicyclic) bond motifs is 1. The Morgan fingerprint density at radius 3 is 3.11 bits per heavy atom. The van der Waals surface area contributed by atoms with E-state index in [1.165, 1.54) is 25.9 Å². The number of hydrogen-bond acceptors (Lipinski definition) is 4. The fraction of sp³-hybridized carbons (Fsp3) is 0.857. The molecule has 1 atom stereocenters. The molecule has 0 spiro atoms. The third-order valence-electron chi connectivity index (χ3n) is 4.75. The highest BCUT2D eigenvalue weighted by atomic mass is 15.3. The van der Waals surface area contributed by atoms with E-state index in [2.05, 4.69) is 38.8 Å². The molecule has 0 aliphatic carbocycles. The van der Waals surface area contributed by atoms with Crippen LogP contribution in [-0.2, 0) is 13.1 Å². The molecular weight excluding hydrogens is 238 g/mol. The summed E-state index contributed by atoms with van der Waals surface area (Å²) in [7, 11) is 0. The lowest BCUT2D eigenvalue weighted by Crippen LogP contribution is -2.46. The molecule has 1 saturated heterocycles. The molecule has 0 saturated carbocycles. The smallest absolute Gasteiger partial charge is 0.147 e. The number of nitrogens with one attached hydrogen (secondary N) is 1. The van der Waals surface area contributed by atoms with Crippen molar-refractivity contribution in [2.75, 3.05) is 26.2 Å². The highest BCUT2D eigenvalue weighted by Gasteiger charge is 2.33. The third kappa shape index (κ3) is 2.82. The molecule has 1 N–H and O–H groups in total. The molecule has 0 amide bonds. The highest BCUT2D eigenvalue weighted by molar-refractivity contribution is 4.92. The second-order valence-corrected chi connectivity index (χ2v) is 6.68. The fourth-order valence-corrected chi connectivity index (χ4v) is 3.48. The van der Waals surface area contributed by atoms with Crippen molar-refractivity contribution in [3.63, 3.8) is 0 Å². The van der Waals surface area contributed by atoms with Gasteiger partial charge in [-0.3, -0.25) is 4.90 Å². The zero-order chi connectivity index (χ0) is 13.3. The Labute approximate surface area is 115 Å². The summed E-state index contributed by atoms with van der Waals surface area (Å²) in [6.45, 7) is 11.5. The highest BCUT2D eigenvalue weighted by Crippen LogP contribution is 2.33. The zero-order valence-electron chi connectivity index (χ0n) is 12.1. The molecule has 1 aromatic rings. The normalized spacial score (nSPS) is 25.3. The number of hydrogen-bond donors (Lipinski definition) is 1. The van der Waals surface area contributed by atoms with Crippen LogP contribution in [-0.4, -0.2) is 45.8 Å². The van der Waals surface area contributed by atoms with Gasteiger partial charge in [0.25, 0.3) is 0 Å². The van der Waals surface area contributed by atoms with Crippen molar-refractivity contribution in [3.8, 4) is 0 Å². The van der Waals surface area contributed by atoms with Crippen LogP contribution in [0.1, 0.15) is 32.5 Å². The van der Waals surface area contributed by atoms with E-state index in [1.807, 2.05) is 6.33 Å². The molecular formula is C14H25N5. The van der Waals surface area contributed by atoms with Gasteiger partial charge < -0.3 is 9.88 Å². The molecule has 0 aromatic carbocycles. The van der Waals surface area contributed by atoms with Gasteiger partial charge in [0, 0.05) is 19.6 Å². The average Bonchev–Trinajstić information content (AvgIpc) is 2.87. The molecule has 0 bridgehead atoms. The van der Waals surface area contributed by atoms with E-state index < -0.39 is 0 Å². The Hall–Kier alpha value is -0.940. The molecule has 1 unspecified atom stereocenters. The van der Waals surface area contributed by atoms with Crippen LogP contribution in [0, 0.1) is 11.3 Å². The molecule has 0 radical (unpaired) electrons. The number of piperidine rings is 1. The lowest BCUT2D eigenvalue weighted by Gasteiger charge is -2.41. The molecule has 3 heterocycles. The second kappa shape index (κ2) is 5.21. The molecule has 106 valence electrons. The van der Waals surface area contributed by atoms with Crippen molar-refractivity contribution in [3.05, 3.63) is 12.2 Å². The SMILES string of the molecule is CC(C)(CN1CCn2cnnc2C1)C1CCCNC1. The van der Waals surface area contributed by atoms with Crippen LogP contribution < -0.4 is 5.32 Å². The van der Waals surface area contributed by atoms with Crippen LogP contribution in [0.15, 0.2) is 6.33 Å². The first-order chi connectivity index (χ1) is 9.15. The number of nitrogens with zero attached hydrogens (tertiary/aromatic N) is 4. The Morgan fingerprint density at radius 2 is 2.32 bits per heavy atom. The van der Waals surface area contributed by atoms with Gasteiger partial charge in [0.1, 0.15) is 12.2 Å². The largest absolute Gasteiger partial charge is 0.316 e. The van der Waals surface area contributed by atoms with E-state index in [0.29, 0.717) is 5.41 Å². The van der Waals surface area contributed by atoms with Gasteiger partial charge in [-0.1, -0.05) is 13.8 Å². The Balaban J connectivity index is 1.61. The fourth-order valence-electron chi connectivity index (χ4n) is 3.48. The lowest BCUT2D eigenvalue weighted by molar-refractivity contribution is 0.0835. The Morgan fingerprint density at radius 1 is 1.42 bits per heavy atom. The molecule has 5 nitrogen and oxygen atoms in total. The molecule has 2 aliphatic rings. The maximum Gasteiger partial charge on any atom is 0.147 e. The van der Waals surface area contributed by atoms with Crippen molar-refractivity contribution in [2.24, 2.45) is 11.3 Å². The summed E-state index contributed by atoms with van der Waals surface area (Å²) in [6.07, 6.45) is 4.54. The predicted octanol–water partition coefficient (Wildman–Crippen LogP) is 1.12. The van der Waals surface area contributed by atoms with E-state index in [0.717, 1.165) is 37.9 Å². The summed E-state index contributed by atoms with van der Waals surface area (Å²) in [5.74, 6) is 1.91. The van der Waals surface area contributed by atoms with E-state index in [9.17, 15) is 0 Å². The molecule has 5 heteroatoms. The second-order valence-electron chi connectivity index (χ2n) is 6.68. The maximum absolute atomic E-state index is 4.21. The quantitative estimate of drug-likeness (QED) is 0.887. The van der Waals surface area contributed by atoms with Crippen LogP contribution in [0.3, 0.4) is 0 Å². The van der Waals surface area contributed by atoms with Crippen molar-refractivity contribution < 1.29 is 0 Å². The predicted molar refractivity (Wildman–Crippen MR) is 74.7 cm³/mol. The van der Waals surface area contributed by atoms with Crippen LogP contribution in [0.4, 0.5) is 0 Å². The van der Waals surface area contributed by atoms with Crippen LogP contribution in [0.5, 0.6) is 0 Å². The first-order valence-electron chi connectivity index (χ1n) is 7.45. The number of rotatable bonds is 3. The molecule has 1 aromatic heterocycles. The summed E-state index contributed by atoms with van der Waals surface area (Å²) in [5, 5.41) is 11.8. The number of aromatic nitrogens is 3.